The first-order chi connectivity index (χ1) is 13.0. The van der Waals surface area contributed by atoms with Gasteiger partial charge in [0.25, 0.3) is 0 Å². The van der Waals surface area contributed by atoms with Gasteiger partial charge in [0.15, 0.2) is 0 Å². The molecule has 1 atom stereocenters. The fourth-order valence-electron chi connectivity index (χ4n) is 2.09. The van der Waals surface area contributed by atoms with E-state index in [0.29, 0.717) is 5.56 Å². The van der Waals surface area contributed by atoms with Crippen molar-refractivity contribution >= 4 is 30.0 Å². The van der Waals surface area contributed by atoms with E-state index in [0.717, 1.165) is 0 Å². The van der Waals surface area contributed by atoms with Crippen molar-refractivity contribution in [2.45, 2.75) is 45.3 Å². The van der Waals surface area contributed by atoms with Crippen molar-refractivity contribution in [3.05, 3.63) is 41.6 Å². The van der Waals surface area contributed by atoms with Gasteiger partial charge in [0.05, 0.1) is 0 Å². The van der Waals surface area contributed by atoms with Gasteiger partial charge >= 0.3 is 12.1 Å². The molecule has 0 aliphatic heterocycles. The summed E-state index contributed by atoms with van der Waals surface area (Å²) in [5.74, 6) is -2.83. The molecule has 0 fully saturated rings. The molecule has 1 aromatic rings. The van der Waals surface area contributed by atoms with Crippen molar-refractivity contribution in [2.75, 3.05) is 0 Å². The predicted molar refractivity (Wildman–Crippen MR) is 102 cm³/mol. The van der Waals surface area contributed by atoms with Crippen LogP contribution in [0.3, 0.4) is 0 Å². The van der Waals surface area contributed by atoms with Crippen LogP contribution in [0.5, 0.6) is 0 Å². The van der Waals surface area contributed by atoms with Crippen LogP contribution >= 0.6 is 0 Å². The normalized spacial score (nSPS) is 12.6. The third-order valence-electron chi connectivity index (χ3n) is 3.29. The van der Waals surface area contributed by atoms with Crippen molar-refractivity contribution in [1.82, 2.24) is 10.6 Å². The minimum absolute atomic E-state index is 0.112. The zero-order valence-electron chi connectivity index (χ0n) is 16.0. The summed E-state index contributed by atoms with van der Waals surface area (Å²) in [6.45, 7) is 4.95. The highest BCUT2D eigenvalue weighted by molar-refractivity contribution is 5.98. The molecule has 3 amide bonds. The van der Waals surface area contributed by atoms with Crippen LogP contribution in [0, 0.1) is 0 Å². The average molecular weight is 391 g/mol. The summed E-state index contributed by atoms with van der Waals surface area (Å²) in [4.78, 5) is 47.0. The second-order valence-corrected chi connectivity index (χ2v) is 6.97. The predicted octanol–water partition coefficient (Wildman–Crippen LogP) is 1.39. The lowest BCUT2D eigenvalue weighted by Crippen LogP contribution is -2.48. The van der Waals surface area contributed by atoms with E-state index in [1.54, 1.807) is 51.1 Å². The van der Waals surface area contributed by atoms with Crippen molar-refractivity contribution in [3.8, 4) is 0 Å². The summed E-state index contributed by atoms with van der Waals surface area (Å²) >= 11 is 0. The number of aliphatic carboxylic acids is 1. The summed E-state index contributed by atoms with van der Waals surface area (Å²) in [5, 5.41) is 13.9. The van der Waals surface area contributed by atoms with Gasteiger partial charge in [-0.25, -0.2) is 9.59 Å². The summed E-state index contributed by atoms with van der Waals surface area (Å²) in [7, 11) is 0. The van der Waals surface area contributed by atoms with Crippen molar-refractivity contribution in [1.29, 1.82) is 0 Å². The number of carbonyl (C=O) groups is 4. The Labute approximate surface area is 162 Å². The Hall–Kier alpha value is -3.36. The van der Waals surface area contributed by atoms with Gasteiger partial charge in [-0.2, -0.15) is 0 Å². The van der Waals surface area contributed by atoms with Gasteiger partial charge < -0.3 is 26.2 Å². The molecule has 9 heteroatoms. The molecule has 0 aliphatic carbocycles. The van der Waals surface area contributed by atoms with E-state index in [-0.39, 0.29) is 18.5 Å². The molecule has 152 valence electrons. The van der Waals surface area contributed by atoms with Gasteiger partial charge in [0.1, 0.15) is 17.3 Å². The molecule has 9 nitrogen and oxygen atoms in total. The molecule has 1 aromatic carbocycles. The Morgan fingerprint density at radius 1 is 1.18 bits per heavy atom. The molecule has 0 saturated carbocycles. The van der Waals surface area contributed by atoms with Gasteiger partial charge in [-0.3, -0.25) is 9.59 Å². The third-order valence-corrected chi connectivity index (χ3v) is 3.29. The van der Waals surface area contributed by atoms with Crippen LogP contribution in [-0.4, -0.2) is 40.6 Å². The number of nitrogens with two attached hydrogens (primary N) is 1. The number of primary amides is 1. The molecule has 0 saturated heterocycles. The second-order valence-electron chi connectivity index (χ2n) is 6.97. The summed E-state index contributed by atoms with van der Waals surface area (Å²) in [5.41, 5.74) is 4.49. The Balaban J connectivity index is 2.96. The Kier molecular flexibility index (Phi) is 8.18. The van der Waals surface area contributed by atoms with Crippen LogP contribution in [0.25, 0.3) is 6.08 Å². The largest absolute Gasteiger partial charge is 0.477 e. The van der Waals surface area contributed by atoms with E-state index in [1.807, 2.05) is 0 Å². The molecule has 0 aliphatic rings. The number of ether oxygens (including phenoxy) is 1. The van der Waals surface area contributed by atoms with Crippen LogP contribution in [0.2, 0.25) is 0 Å². The first-order valence-electron chi connectivity index (χ1n) is 8.56. The molecule has 28 heavy (non-hydrogen) atoms. The minimum atomic E-state index is -1.36. The SMILES string of the molecule is CC(C)(C)OC(=O)N[C@@H](CCC(N)=O)C(=O)N/C(=C\c1ccccc1)C(=O)O. The highest BCUT2D eigenvalue weighted by Crippen LogP contribution is 2.09. The smallest absolute Gasteiger partial charge is 0.408 e. The second kappa shape index (κ2) is 10.1. The Morgan fingerprint density at radius 2 is 1.79 bits per heavy atom. The summed E-state index contributed by atoms with van der Waals surface area (Å²) < 4.78 is 5.10. The van der Waals surface area contributed by atoms with E-state index >= 15 is 0 Å². The standard InChI is InChI=1S/C19H25N3O6/c1-19(2,3)28-18(27)22-13(9-10-15(20)23)16(24)21-14(17(25)26)11-12-7-5-4-6-8-12/h4-8,11,13H,9-10H2,1-3H3,(H2,20,23)(H,21,24)(H,22,27)(H,25,26)/b14-11-/t13-/m0/s1. The number of carboxylic acids is 1. The number of benzene rings is 1. The fraction of sp³-hybridized carbons (Fsp3) is 0.368. The number of alkyl carbamates (subject to hydrolysis) is 1. The highest BCUT2D eigenvalue weighted by Gasteiger charge is 2.26. The number of carboxylic acid groups (broad SMARTS) is 1. The molecule has 0 bridgehead atoms. The van der Waals surface area contributed by atoms with Crippen LogP contribution in [-0.2, 0) is 19.1 Å². The number of rotatable bonds is 8. The lowest BCUT2D eigenvalue weighted by Gasteiger charge is -2.23. The van der Waals surface area contributed by atoms with Gasteiger partial charge in [0.2, 0.25) is 11.8 Å². The highest BCUT2D eigenvalue weighted by atomic mass is 16.6. The lowest BCUT2D eigenvalue weighted by molar-refractivity contribution is -0.135. The first-order valence-corrected chi connectivity index (χ1v) is 8.56. The molecule has 0 radical (unpaired) electrons. The maximum atomic E-state index is 12.5. The van der Waals surface area contributed by atoms with Gasteiger partial charge in [0, 0.05) is 6.42 Å². The van der Waals surface area contributed by atoms with Crippen LogP contribution in [0.4, 0.5) is 4.79 Å². The minimum Gasteiger partial charge on any atom is -0.477 e. The zero-order valence-corrected chi connectivity index (χ0v) is 16.0. The maximum absolute atomic E-state index is 12.5. The topological polar surface area (TPSA) is 148 Å². The van der Waals surface area contributed by atoms with Crippen molar-refractivity contribution in [3.63, 3.8) is 0 Å². The van der Waals surface area contributed by atoms with Gasteiger partial charge in [-0.15, -0.1) is 0 Å². The number of hydrogen-bond donors (Lipinski definition) is 4. The maximum Gasteiger partial charge on any atom is 0.408 e. The van der Waals surface area contributed by atoms with E-state index < -0.39 is 35.5 Å². The van der Waals surface area contributed by atoms with E-state index in [4.69, 9.17) is 10.5 Å². The number of amides is 3. The molecule has 0 unspecified atom stereocenters. The van der Waals surface area contributed by atoms with Crippen LogP contribution in [0.15, 0.2) is 36.0 Å². The number of hydrogen-bond acceptors (Lipinski definition) is 5. The fourth-order valence-corrected chi connectivity index (χ4v) is 2.09. The average Bonchev–Trinajstić information content (AvgIpc) is 2.56. The number of nitrogens with one attached hydrogen (secondary N) is 2. The molecule has 0 heterocycles. The molecular weight excluding hydrogens is 366 g/mol. The van der Waals surface area contributed by atoms with E-state index in [2.05, 4.69) is 10.6 Å². The monoisotopic (exact) mass is 391 g/mol. The third kappa shape index (κ3) is 8.84. The lowest BCUT2D eigenvalue weighted by atomic mass is 10.1. The molecule has 0 aromatic heterocycles. The van der Waals surface area contributed by atoms with Gasteiger partial charge in [-0.1, -0.05) is 30.3 Å². The molecule has 5 N–H and O–H groups in total. The Morgan fingerprint density at radius 3 is 2.29 bits per heavy atom. The summed E-state index contributed by atoms with van der Waals surface area (Å²) in [6, 6.07) is 7.32. The number of carbonyl (C=O) groups excluding carboxylic acids is 3. The van der Waals surface area contributed by atoms with Crippen LogP contribution < -0.4 is 16.4 Å². The molecular formula is C19H25N3O6. The van der Waals surface area contributed by atoms with Crippen molar-refractivity contribution < 1.29 is 29.0 Å². The zero-order chi connectivity index (χ0) is 21.3. The molecule has 1 rings (SSSR count). The Bertz CT molecular complexity index is 753. The molecule has 0 spiro atoms. The van der Waals surface area contributed by atoms with Crippen LogP contribution in [0.1, 0.15) is 39.2 Å². The summed E-state index contributed by atoms with van der Waals surface area (Å²) in [6.07, 6.45) is 0.108. The van der Waals surface area contributed by atoms with Gasteiger partial charge in [-0.05, 0) is 38.8 Å². The quantitative estimate of drug-likeness (QED) is 0.492. The van der Waals surface area contributed by atoms with E-state index in [1.165, 1.54) is 6.08 Å². The van der Waals surface area contributed by atoms with E-state index in [9.17, 15) is 24.3 Å². The first kappa shape index (κ1) is 22.7. The van der Waals surface area contributed by atoms with Crippen molar-refractivity contribution in [2.24, 2.45) is 5.73 Å².